The van der Waals surface area contributed by atoms with Crippen molar-refractivity contribution in [3.05, 3.63) is 70.3 Å². The molecule has 1 amide bonds. The number of thiazole rings is 1. The van der Waals surface area contributed by atoms with Gasteiger partial charge in [0, 0.05) is 34.0 Å². The number of nitrogens with zero attached hydrogens (tertiary/aromatic N) is 2. The summed E-state index contributed by atoms with van der Waals surface area (Å²) >= 11 is 13.5. The van der Waals surface area contributed by atoms with Gasteiger partial charge in [0.2, 0.25) is 0 Å². The minimum absolute atomic E-state index is 0.161. The highest BCUT2D eigenvalue weighted by atomic mass is 35.5. The molecular weight excluding hydrogens is 405 g/mol. The molecule has 0 unspecified atom stereocenters. The van der Waals surface area contributed by atoms with Gasteiger partial charge in [0.05, 0.1) is 10.7 Å². The topological polar surface area (TPSA) is 55.6 Å². The third kappa shape index (κ3) is 4.08. The van der Waals surface area contributed by atoms with E-state index in [1.807, 2.05) is 46.4 Å². The molecule has 4 rings (SSSR count). The summed E-state index contributed by atoms with van der Waals surface area (Å²) in [6.45, 7) is -0.161. The van der Waals surface area contributed by atoms with Crippen LogP contribution in [-0.2, 0) is 4.79 Å². The van der Waals surface area contributed by atoms with E-state index in [-0.39, 0.29) is 12.5 Å². The van der Waals surface area contributed by atoms with Crippen LogP contribution in [-0.4, -0.2) is 21.9 Å². The first-order valence-electron chi connectivity index (χ1n) is 7.99. The number of hydrogen-bond donors (Lipinski definition) is 1. The third-order valence-corrected chi connectivity index (χ3v) is 5.09. The van der Waals surface area contributed by atoms with Crippen molar-refractivity contribution in [2.24, 2.45) is 0 Å². The highest BCUT2D eigenvalue weighted by Crippen LogP contribution is 2.27. The maximum absolute atomic E-state index is 12.2. The molecule has 2 aromatic heterocycles. The molecule has 0 bridgehead atoms. The number of carbonyl (C=O) groups is 1. The highest BCUT2D eigenvalue weighted by molar-refractivity contribution is 7.15. The fourth-order valence-electron chi connectivity index (χ4n) is 2.56. The minimum Gasteiger partial charge on any atom is -0.482 e. The van der Waals surface area contributed by atoms with E-state index < -0.39 is 0 Å². The Morgan fingerprint density at radius 2 is 2.11 bits per heavy atom. The number of nitrogens with one attached hydrogen (secondary N) is 1. The van der Waals surface area contributed by atoms with Gasteiger partial charge in [-0.05, 0) is 30.3 Å². The molecule has 0 radical (unpaired) electrons. The average molecular weight is 418 g/mol. The smallest absolute Gasteiger partial charge is 0.262 e. The van der Waals surface area contributed by atoms with E-state index >= 15 is 0 Å². The molecule has 0 atom stereocenters. The zero-order valence-electron chi connectivity index (χ0n) is 13.9. The van der Waals surface area contributed by atoms with Gasteiger partial charge in [-0.1, -0.05) is 35.3 Å². The van der Waals surface area contributed by atoms with Gasteiger partial charge in [-0.2, -0.15) is 0 Å². The molecule has 2 heterocycles. The molecule has 0 spiro atoms. The van der Waals surface area contributed by atoms with Gasteiger partial charge >= 0.3 is 0 Å². The number of ether oxygens (including phenoxy) is 1. The van der Waals surface area contributed by atoms with E-state index in [2.05, 4.69) is 10.3 Å². The summed E-state index contributed by atoms with van der Waals surface area (Å²) in [5, 5.41) is 5.66. The number of amides is 1. The third-order valence-electron chi connectivity index (χ3n) is 3.79. The normalized spacial score (nSPS) is 10.9. The van der Waals surface area contributed by atoms with Crippen LogP contribution < -0.4 is 10.1 Å². The summed E-state index contributed by atoms with van der Waals surface area (Å²) in [5.41, 5.74) is 2.44. The molecule has 0 saturated heterocycles. The van der Waals surface area contributed by atoms with Crippen molar-refractivity contribution in [3.63, 3.8) is 0 Å². The van der Waals surface area contributed by atoms with Crippen LogP contribution in [0.5, 0.6) is 5.75 Å². The number of aromatic nitrogens is 2. The van der Waals surface area contributed by atoms with E-state index in [4.69, 9.17) is 27.9 Å². The number of anilines is 1. The second-order valence-electron chi connectivity index (χ2n) is 5.71. The lowest BCUT2D eigenvalue weighted by Gasteiger charge is -2.09. The molecule has 4 aromatic rings. The Bertz CT molecular complexity index is 1090. The van der Waals surface area contributed by atoms with E-state index in [0.717, 1.165) is 16.2 Å². The van der Waals surface area contributed by atoms with Gasteiger partial charge in [0.15, 0.2) is 11.6 Å². The number of halogens is 2. The second kappa shape index (κ2) is 7.60. The molecule has 0 fully saturated rings. The lowest BCUT2D eigenvalue weighted by Crippen LogP contribution is -2.20. The van der Waals surface area contributed by atoms with Crippen LogP contribution in [0.15, 0.2) is 60.2 Å². The Hall–Kier alpha value is -2.54. The van der Waals surface area contributed by atoms with Crippen LogP contribution in [0.25, 0.3) is 16.2 Å². The van der Waals surface area contributed by atoms with Gasteiger partial charge in [0.25, 0.3) is 5.91 Å². The molecule has 2 aromatic carbocycles. The molecule has 27 heavy (non-hydrogen) atoms. The highest BCUT2D eigenvalue weighted by Gasteiger charge is 2.09. The fraction of sp³-hybridized carbons (Fsp3) is 0.0526. The molecular formula is C19H13Cl2N3O2S. The monoisotopic (exact) mass is 417 g/mol. The first-order chi connectivity index (χ1) is 13.1. The number of benzene rings is 2. The van der Waals surface area contributed by atoms with Crippen LogP contribution in [0.3, 0.4) is 0 Å². The van der Waals surface area contributed by atoms with E-state index in [9.17, 15) is 4.79 Å². The number of imidazole rings is 1. The van der Waals surface area contributed by atoms with Crippen molar-refractivity contribution in [3.8, 4) is 17.0 Å². The maximum atomic E-state index is 12.2. The van der Waals surface area contributed by atoms with E-state index in [1.165, 1.54) is 0 Å². The number of rotatable bonds is 5. The zero-order chi connectivity index (χ0) is 18.8. The Morgan fingerprint density at radius 1 is 1.22 bits per heavy atom. The molecule has 0 aliphatic rings. The number of hydrogen-bond acceptors (Lipinski definition) is 4. The van der Waals surface area contributed by atoms with Crippen molar-refractivity contribution in [2.45, 2.75) is 0 Å². The van der Waals surface area contributed by atoms with Gasteiger partial charge in [-0.15, -0.1) is 11.3 Å². The predicted molar refractivity (Wildman–Crippen MR) is 109 cm³/mol. The van der Waals surface area contributed by atoms with Crippen molar-refractivity contribution < 1.29 is 9.53 Å². The summed E-state index contributed by atoms with van der Waals surface area (Å²) in [7, 11) is 0. The van der Waals surface area contributed by atoms with Gasteiger partial charge in [0.1, 0.15) is 5.75 Å². The molecule has 8 heteroatoms. The van der Waals surface area contributed by atoms with Crippen molar-refractivity contribution in [2.75, 3.05) is 11.9 Å². The van der Waals surface area contributed by atoms with E-state index in [1.54, 1.807) is 29.5 Å². The Kier molecular flexibility index (Phi) is 5.03. The number of carbonyl (C=O) groups excluding carboxylic acids is 1. The molecule has 0 aliphatic heterocycles. The predicted octanol–water partition coefficient (Wildman–Crippen LogP) is 5.39. The molecule has 0 saturated carbocycles. The zero-order valence-corrected chi connectivity index (χ0v) is 16.2. The van der Waals surface area contributed by atoms with E-state index in [0.29, 0.717) is 21.5 Å². The van der Waals surface area contributed by atoms with Crippen molar-refractivity contribution >= 4 is 51.1 Å². The first-order valence-corrected chi connectivity index (χ1v) is 9.62. The summed E-state index contributed by atoms with van der Waals surface area (Å²) in [6, 6.07) is 12.4. The summed E-state index contributed by atoms with van der Waals surface area (Å²) in [6.07, 6.45) is 3.92. The largest absolute Gasteiger partial charge is 0.482 e. The van der Waals surface area contributed by atoms with Gasteiger partial charge in [-0.3, -0.25) is 9.20 Å². The van der Waals surface area contributed by atoms with Crippen LogP contribution in [0.4, 0.5) is 5.69 Å². The minimum atomic E-state index is -0.288. The van der Waals surface area contributed by atoms with Crippen LogP contribution in [0, 0.1) is 0 Å². The van der Waals surface area contributed by atoms with Crippen LogP contribution >= 0.6 is 34.5 Å². The van der Waals surface area contributed by atoms with Gasteiger partial charge < -0.3 is 10.1 Å². The Labute approximate surface area is 169 Å². The van der Waals surface area contributed by atoms with Crippen molar-refractivity contribution in [1.82, 2.24) is 9.38 Å². The van der Waals surface area contributed by atoms with Crippen LogP contribution in [0.1, 0.15) is 0 Å². The summed E-state index contributed by atoms with van der Waals surface area (Å²) in [5.74, 6) is 0.118. The summed E-state index contributed by atoms with van der Waals surface area (Å²) < 4.78 is 7.42. The standard InChI is InChI=1S/C19H13Cl2N3O2S/c20-13-4-5-17(15(21)9-13)26-11-18(25)22-14-3-1-2-12(8-14)16-10-24-6-7-27-19(24)23-16/h1-10H,11H2,(H,22,25). The fourth-order valence-corrected chi connectivity index (χ4v) is 3.72. The van der Waals surface area contributed by atoms with Gasteiger partial charge in [-0.25, -0.2) is 4.98 Å². The maximum Gasteiger partial charge on any atom is 0.262 e. The molecule has 136 valence electrons. The SMILES string of the molecule is O=C(COc1ccc(Cl)cc1Cl)Nc1cccc(-c2cn3ccsc3n2)c1. The lowest BCUT2D eigenvalue weighted by molar-refractivity contribution is -0.118. The quantitative estimate of drug-likeness (QED) is 0.473. The lowest BCUT2D eigenvalue weighted by atomic mass is 10.1. The summed E-state index contributed by atoms with van der Waals surface area (Å²) in [4.78, 5) is 17.7. The number of fused-ring (bicyclic) bond motifs is 1. The average Bonchev–Trinajstić information content (AvgIpc) is 3.23. The van der Waals surface area contributed by atoms with Crippen molar-refractivity contribution in [1.29, 1.82) is 0 Å². The Morgan fingerprint density at radius 3 is 2.93 bits per heavy atom. The Balaban J connectivity index is 1.43. The first kappa shape index (κ1) is 17.9. The molecule has 5 nitrogen and oxygen atoms in total. The molecule has 0 aliphatic carbocycles. The second-order valence-corrected chi connectivity index (χ2v) is 7.43. The van der Waals surface area contributed by atoms with Crippen LogP contribution in [0.2, 0.25) is 10.0 Å². The molecule has 1 N–H and O–H groups in total.